The molecule has 0 radical (unpaired) electrons. The van der Waals surface area contributed by atoms with Crippen molar-refractivity contribution in [3.63, 3.8) is 0 Å². The molecule has 6 nitrogen and oxygen atoms in total. The number of rotatable bonds is 9. The molecule has 2 aromatic carbocycles. The number of likely N-dealkylation sites (tertiary alicyclic amines) is 1. The van der Waals surface area contributed by atoms with Crippen LogP contribution < -0.4 is 5.32 Å². The average Bonchev–Trinajstić information content (AvgIpc) is 3.38. The predicted octanol–water partition coefficient (Wildman–Crippen LogP) is 2.91. The van der Waals surface area contributed by atoms with Crippen LogP contribution in [-0.4, -0.2) is 78.9 Å². The van der Waals surface area contributed by atoms with Crippen LogP contribution in [0.2, 0.25) is 0 Å². The fraction of sp³-hybridized carbons (Fsp3) is 0.481. The van der Waals surface area contributed by atoms with Crippen LogP contribution in [0.5, 0.6) is 0 Å². The van der Waals surface area contributed by atoms with Crippen LogP contribution >= 0.6 is 0 Å². The van der Waals surface area contributed by atoms with Crippen LogP contribution in [0.3, 0.4) is 0 Å². The Bertz CT molecular complexity index is 836. The van der Waals surface area contributed by atoms with Crippen molar-refractivity contribution in [2.75, 3.05) is 52.4 Å². The summed E-state index contributed by atoms with van der Waals surface area (Å²) >= 11 is 0. The Hall–Kier alpha value is -2.70. The lowest BCUT2D eigenvalue weighted by atomic mass is 9.96. The summed E-state index contributed by atoms with van der Waals surface area (Å²) in [6, 6.07) is 21.3. The van der Waals surface area contributed by atoms with Gasteiger partial charge < -0.3 is 15.1 Å². The fourth-order valence-corrected chi connectivity index (χ4v) is 4.94. The first-order valence-corrected chi connectivity index (χ1v) is 12.3. The van der Waals surface area contributed by atoms with Gasteiger partial charge in [-0.15, -0.1) is 0 Å². The molecule has 0 unspecified atom stereocenters. The number of amides is 2. The lowest BCUT2D eigenvalue weighted by molar-refractivity contribution is -0.135. The highest BCUT2D eigenvalue weighted by molar-refractivity contribution is 5.83. The molecular formula is C27H36N4O2. The molecular weight excluding hydrogens is 412 g/mol. The topological polar surface area (TPSA) is 55.9 Å². The first-order valence-electron chi connectivity index (χ1n) is 12.3. The van der Waals surface area contributed by atoms with E-state index in [2.05, 4.69) is 63.6 Å². The molecule has 2 amide bonds. The Morgan fingerprint density at radius 3 is 1.91 bits per heavy atom. The number of nitrogens with one attached hydrogen (secondary N) is 1. The molecule has 0 aromatic heterocycles. The van der Waals surface area contributed by atoms with Gasteiger partial charge in [0.15, 0.2) is 0 Å². The number of carbonyl (C=O) groups excluding carboxylic acids is 2. The molecule has 2 aliphatic heterocycles. The monoisotopic (exact) mass is 448 g/mol. The van der Waals surface area contributed by atoms with Crippen LogP contribution in [0.25, 0.3) is 0 Å². The van der Waals surface area contributed by atoms with Crippen LogP contribution in [0, 0.1) is 0 Å². The van der Waals surface area contributed by atoms with Gasteiger partial charge in [0.05, 0.1) is 6.04 Å². The first-order chi connectivity index (χ1) is 16.2. The molecule has 2 heterocycles. The summed E-state index contributed by atoms with van der Waals surface area (Å²) in [6.45, 7) is 6.89. The zero-order valence-corrected chi connectivity index (χ0v) is 19.5. The standard InChI is InChI=1S/C27H36N4O2/c32-25(28-15-18-29-16-7-8-17-29)13-14-26(33)30-19-21-31(22-20-30)27(23-9-3-1-4-10-23)24-11-5-2-6-12-24/h1-6,9-12,27H,7-8,13-22H2,(H,28,32). The van der Waals surface area contributed by atoms with E-state index in [4.69, 9.17) is 0 Å². The number of piperazine rings is 1. The van der Waals surface area contributed by atoms with E-state index in [9.17, 15) is 9.59 Å². The summed E-state index contributed by atoms with van der Waals surface area (Å²) in [6.07, 6.45) is 3.08. The van der Waals surface area contributed by atoms with Gasteiger partial charge in [-0.3, -0.25) is 14.5 Å². The van der Waals surface area contributed by atoms with Crippen molar-refractivity contribution in [1.82, 2.24) is 20.0 Å². The third-order valence-corrected chi connectivity index (χ3v) is 6.78. The van der Waals surface area contributed by atoms with E-state index in [0.29, 0.717) is 19.6 Å². The average molecular weight is 449 g/mol. The lowest BCUT2D eigenvalue weighted by Gasteiger charge is -2.39. The molecule has 0 aliphatic carbocycles. The summed E-state index contributed by atoms with van der Waals surface area (Å²) in [4.78, 5) is 31.6. The Kier molecular flexibility index (Phi) is 8.50. The van der Waals surface area contributed by atoms with Crippen molar-refractivity contribution in [2.24, 2.45) is 0 Å². The summed E-state index contributed by atoms with van der Waals surface area (Å²) in [5.41, 5.74) is 2.54. The zero-order chi connectivity index (χ0) is 22.9. The largest absolute Gasteiger partial charge is 0.355 e. The van der Waals surface area contributed by atoms with Gasteiger partial charge in [0.1, 0.15) is 0 Å². The van der Waals surface area contributed by atoms with Crippen LogP contribution in [0.15, 0.2) is 60.7 Å². The Morgan fingerprint density at radius 2 is 1.33 bits per heavy atom. The minimum absolute atomic E-state index is 0.0191. The van der Waals surface area contributed by atoms with Crippen LogP contribution in [-0.2, 0) is 9.59 Å². The van der Waals surface area contributed by atoms with Crippen molar-refractivity contribution in [1.29, 1.82) is 0 Å². The molecule has 0 spiro atoms. The summed E-state index contributed by atoms with van der Waals surface area (Å²) in [5, 5.41) is 2.97. The highest BCUT2D eigenvalue weighted by Crippen LogP contribution is 2.29. The smallest absolute Gasteiger partial charge is 0.223 e. The van der Waals surface area contributed by atoms with Gasteiger partial charge in [-0.25, -0.2) is 0 Å². The first kappa shape index (κ1) is 23.5. The third kappa shape index (κ3) is 6.65. The van der Waals surface area contributed by atoms with E-state index >= 15 is 0 Å². The lowest BCUT2D eigenvalue weighted by Crippen LogP contribution is -2.50. The molecule has 176 valence electrons. The Labute approximate surface area is 197 Å². The Morgan fingerprint density at radius 1 is 0.758 bits per heavy atom. The normalized spacial score (nSPS) is 17.4. The quantitative estimate of drug-likeness (QED) is 0.641. The molecule has 6 heteroatoms. The molecule has 1 N–H and O–H groups in total. The maximum atomic E-state index is 12.7. The molecule has 2 aromatic rings. The number of nitrogens with zero attached hydrogens (tertiary/aromatic N) is 3. The second-order valence-corrected chi connectivity index (χ2v) is 9.04. The number of hydrogen-bond donors (Lipinski definition) is 1. The minimum atomic E-state index is -0.0191. The highest BCUT2D eigenvalue weighted by Gasteiger charge is 2.28. The zero-order valence-electron chi connectivity index (χ0n) is 19.5. The summed E-state index contributed by atoms with van der Waals surface area (Å²) in [7, 11) is 0. The van der Waals surface area contributed by atoms with E-state index < -0.39 is 0 Å². The predicted molar refractivity (Wildman–Crippen MR) is 131 cm³/mol. The van der Waals surface area contributed by atoms with Crippen molar-refractivity contribution < 1.29 is 9.59 Å². The van der Waals surface area contributed by atoms with Gasteiger partial charge in [-0.1, -0.05) is 60.7 Å². The SMILES string of the molecule is O=C(CCC(=O)N1CCN(C(c2ccccc2)c2ccccc2)CC1)NCCN1CCCC1. The van der Waals surface area contributed by atoms with Gasteiger partial charge in [-0.2, -0.15) is 0 Å². The molecule has 2 fully saturated rings. The molecule has 33 heavy (non-hydrogen) atoms. The second kappa shape index (κ2) is 12.0. The number of benzene rings is 2. The molecule has 0 saturated carbocycles. The summed E-state index contributed by atoms with van der Waals surface area (Å²) in [5.74, 6) is 0.0646. The molecule has 4 rings (SSSR count). The van der Waals surface area contributed by atoms with Crippen molar-refractivity contribution >= 4 is 11.8 Å². The summed E-state index contributed by atoms with van der Waals surface area (Å²) < 4.78 is 0. The van der Waals surface area contributed by atoms with Crippen molar-refractivity contribution in [2.45, 2.75) is 31.7 Å². The van der Waals surface area contributed by atoms with Crippen LogP contribution in [0.1, 0.15) is 42.9 Å². The number of carbonyl (C=O) groups is 2. The van der Waals surface area contributed by atoms with E-state index in [0.717, 1.165) is 32.7 Å². The van der Waals surface area contributed by atoms with Crippen molar-refractivity contribution in [3.8, 4) is 0 Å². The molecule has 2 saturated heterocycles. The maximum Gasteiger partial charge on any atom is 0.223 e. The van der Waals surface area contributed by atoms with Crippen LogP contribution in [0.4, 0.5) is 0 Å². The van der Waals surface area contributed by atoms with E-state index in [1.54, 1.807) is 0 Å². The molecule has 0 atom stereocenters. The second-order valence-electron chi connectivity index (χ2n) is 9.04. The van der Waals surface area contributed by atoms with Gasteiger partial charge in [0.2, 0.25) is 11.8 Å². The minimum Gasteiger partial charge on any atom is -0.355 e. The number of hydrogen-bond acceptors (Lipinski definition) is 4. The highest BCUT2D eigenvalue weighted by atomic mass is 16.2. The van der Waals surface area contributed by atoms with Crippen molar-refractivity contribution in [3.05, 3.63) is 71.8 Å². The molecule has 2 aliphatic rings. The Balaban J connectivity index is 1.24. The van der Waals surface area contributed by atoms with Gasteiger partial charge in [0, 0.05) is 52.1 Å². The maximum absolute atomic E-state index is 12.7. The van der Waals surface area contributed by atoms with E-state index in [-0.39, 0.29) is 30.7 Å². The van der Waals surface area contributed by atoms with Gasteiger partial charge in [-0.05, 0) is 37.1 Å². The van der Waals surface area contributed by atoms with Gasteiger partial charge in [0.25, 0.3) is 0 Å². The van der Waals surface area contributed by atoms with Gasteiger partial charge >= 0.3 is 0 Å². The van der Waals surface area contributed by atoms with E-state index in [1.807, 2.05) is 17.0 Å². The molecule has 0 bridgehead atoms. The van der Waals surface area contributed by atoms with E-state index in [1.165, 1.54) is 24.0 Å². The third-order valence-electron chi connectivity index (χ3n) is 6.78. The fourth-order valence-electron chi connectivity index (χ4n) is 4.94.